The van der Waals surface area contributed by atoms with E-state index in [0.29, 0.717) is 11.3 Å². The van der Waals surface area contributed by atoms with Gasteiger partial charge in [-0.05, 0) is 53.7 Å². The topological polar surface area (TPSA) is 128 Å². The quantitative estimate of drug-likeness (QED) is 0.159. The largest absolute Gasteiger partial charge is 0.507 e. The van der Waals surface area contributed by atoms with Gasteiger partial charge in [-0.25, -0.2) is 0 Å². The van der Waals surface area contributed by atoms with Crippen molar-refractivity contribution in [2.24, 2.45) is 5.18 Å². The number of esters is 1. The van der Waals surface area contributed by atoms with E-state index in [1.54, 1.807) is 54.7 Å². The molecule has 1 N–H and O–H groups in total. The normalized spacial score (nSPS) is 10.4. The zero-order valence-corrected chi connectivity index (χ0v) is 18.3. The minimum Gasteiger partial charge on any atom is -0.507 e. The van der Waals surface area contributed by atoms with Crippen molar-refractivity contribution < 1.29 is 24.2 Å². The summed E-state index contributed by atoms with van der Waals surface area (Å²) in [5, 5.41) is 13.2. The first-order chi connectivity index (χ1) is 17.0. The van der Waals surface area contributed by atoms with Crippen LogP contribution in [0.15, 0.2) is 90.4 Å². The third-order valence-corrected chi connectivity index (χ3v) is 4.93. The fourth-order valence-electron chi connectivity index (χ4n) is 3.25. The Labute approximate surface area is 200 Å². The van der Waals surface area contributed by atoms with E-state index in [1.165, 1.54) is 30.5 Å². The molecule has 0 aliphatic carbocycles. The van der Waals surface area contributed by atoms with Gasteiger partial charge in [-0.15, -0.1) is 4.91 Å². The van der Waals surface area contributed by atoms with Crippen LogP contribution < -0.4 is 9.47 Å². The molecule has 0 spiro atoms. The molecular formula is C26H19N3O6. The number of nitrogens with zero attached hydrogens (tertiary/aromatic N) is 3. The average Bonchev–Trinajstić information content (AvgIpc) is 2.89. The standard InChI is InChI=1S/C26H19N3O6/c30-24-16-17(7-10-20(24)26(32)22-6-2-4-13-28-22)34-14-11-25(31)35-18-8-9-19(23(15-18)29-33)21-5-1-3-12-27-21/h1-10,12-13,15-16,30H,11,14H2. The van der Waals surface area contributed by atoms with Crippen molar-refractivity contribution in [2.45, 2.75) is 6.42 Å². The molecule has 0 aliphatic rings. The molecule has 174 valence electrons. The number of ether oxygens (including phenoxy) is 2. The Morgan fingerprint density at radius 2 is 1.66 bits per heavy atom. The lowest BCUT2D eigenvalue weighted by Gasteiger charge is -2.10. The molecule has 0 amide bonds. The van der Waals surface area contributed by atoms with Crippen molar-refractivity contribution in [3.05, 3.63) is 101 Å². The van der Waals surface area contributed by atoms with Crippen LogP contribution in [-0.4, -0.2) is 33.4 Å². The van der Waals surface area contributed by atoms with Gasteiger partial charge in [-0.2, -0.15) is 0 Å². The van der Waals surface area contributed by atoms with Crippen molar-refractivity contribution in [1.29, 1.82) is 0 Å². The highest BCUT2D eigenvalue weighted by Crippen LogP contribution is 2.32. The van der Waals surface area contributed by atoms with Gasteiger partial charge in [0.15, 0.2) is 0 Å². The number of benzene rings is 2. The van der Waals surface area contributed by atoms with Crippen molar-refractivity contribution in [1.82, 2.24) is 9.97 Å². The van der Waals surface area contributed by atoms with E-state index in [4.69, 9.17) is 9.47 Å². The van der Waals surface area contributed by atoms with Gasteiger partial charge in [0.25, 0.3) is 0 Å². The van der Waals surface area contributed by atoms with E-state index >= 15 is 0 Å². The maximum absolute atomic E-state index is 12.4. The highest BCUT2D eigenvalue weighted by Gasteiger charge is 2.16. The molecule has 0 saturated carbocycles. The van der Waals surface area contributed by atoms with E-state index in [1.807, 2.05) is 0 Å². The molecule has 0 radical (unpaired) electrons. The maximum atomic E-state index is 12.4. The molecule has 2 heterocycles. The maximum Gasteiger partial charge on any atom is 0.314 e. The summed E-state index contributed by atoms with van der Waals surface area (Å²) in [6.07, 6.45) is 3.00. The Bertz CT molecular complexity index is 1360. The molecule has 4 aromatic rings. The second kappa shape index (κ2) is 10.8. The van der Waals surface area contributed by atoms with Crippen LogP contribution in [0.3, 0.4) is 0 Å². The van der Waals surface area contributed by atoms with Gasteiger partial charge in [0.05, 0.1) is 24.3 Å². The Morgan fingerprint density at radius 1 is 0.886 bits per heavy atom. The number of aromatic hydroxyl groups is 1. The zero-order valence-electron chi connectivity index (χ0n) is 18.3. The fraction of sp³-hybridized carbons (Fsp3) is 0.0769. The van der Waals surface area contributed by atoms with Gasteiger partial charge in [-0.3, -0.25) is 19.6 Å². The van der Waals surface area contributed by atoms with Crippen LogP contribution in [0.5, 0.6) is 17.2 Å². The first kappa shape index (κ1) is 23.2. The summed E-state index contributed by atoms with van der Waals surface area (Å²) in [5.41, 5.74) is 1.49. The minimum atomic E-state index is -0.585. The smallest absolute Gasteiger partial charge is 0.314 e. The monoisotopic (exact) mass is 469 g/mol. The lowest BCUT2D eigenvalue weighted by molar-refractivity contribution is -0.134. The molecule has 0 bridgehead atoms. The number of phenols is 1. The van der Waals surface area contributed by atoms with Crippen LogP contribution in [0, 0.1) is 4.91 Å². The molecule has 0 aliphatic heterocycles. The number of nitroso groups, excluding NO2 is 1. The number of aromatic nitrogens is 2. The van der Waals surface area contributed by atoms with Gasteiger partial charge in [0.2, 0.25) is 5.78 Å². The van der Waals surface area contributed by atoms with Gasteiger partial charge in [-0.1, -0.05) is 12.1 Å². The number of rotatable bonds is 9. The highest BCUT2D eigenvalue weighted by atomic mass is 16.5. The summed E-state index contributed by atoms with van der Waals surface area (Å²) in [4.78, 5) is 44.1. The van der Waals surface area contributed by atoms with Gasteiger partial charge < -0.3 is 14.6 Å². The molecule has 0 saturated heterocycles. The Hall–Kier alpha value is -4.92. The molecule has 2 aromatic carbocycles. The van der Waals surface area contributed by atoms with Crippen molar-refractivity contribution >= 4 is 17.4 Å². The predicted molar refractivity (Wildman–Crippen MR) is 127 cm³/mol. The number of carbonyl (C=O) groups excluding carboxylic acids is 2. The molecule has 2 aromatic heterocycles. The lowest BCUT2D eigenvalue weighted by atomic mass is 10.1. The summed E-state index contributed by atoms with van der Waals surface area (Å²) < 4.78 is 10.8. The van der Waals surface area contributed by atoms with Crippen molar-refractivity contribution in [3.63, 3.8) is 0 Å². The van der Waals surface area contributed by atoms with Gasteiger partial charge in [0.1, 0.15) is 28.6 Å². The van der Waals surface area contributed by atoms with E-state index in [0.717, 1.165) is 0 Å². The van der Waals surface area contributed by atoms with Crippen LogP contribution >= 0.6 is 0 Å². The Morgan fingerprint density at radius 3 is 2.34 bits per heavy atom. The third kappa shape index (κ3) is 5.72. The Balaban J connectivity index is 1.33. The molecule has 0 unspecified atom stereocenters. The summed E-state index contributed by atoms with van der Waals surface area (Å²) in [6.45, 7) is -0.0311. The van der Waals surface area contributed by atoms with Crippen LogP contribution in [0.4, 0.5) is 5.69 Å². The highest BCUT2D eigenvalue weighted by molar-refractivity contribution is 6.09. The SMILES string of the molecule is O=Nc1cc(OC(=O)CCOc2ccc(C(=O)c3ccccn3)c(O)c2)ccc1-c1ccccn1. The second-order valence-electron chi connectivity index (χ2n) is 7.28. The van der Waals surface area contributed by atoms with Crippen molar-refractivity contribution in [3.8, 4) is 28.5 Å². The van der Waals surface area contributed by atoms with Crippen LogP contribution in [0.25, 0.3) is 11.3 Å². The molecule has 0 atom stereocenters. The number of ketones is 1. The molecule has 35 heavy (non-hydrogen) atoms. The Kier molecular flexibility index (Phi) is 7.17. The third-order valence-electron chi connectivity index (χ3n) is 4.93. The number of hydrogen-bond acceptors (Lipinski definition) is 9. The fourth-order valence-corrected chi connectivity index (χ4v) is 3.25. The number of phenolic OH excluding ortho intramolecular Hbond substituents is 1. The predicted octanol–water partition coefficient (Wildman–Crippen LogP) is 4.85. The summed E-state index contributed by atoms with van der Waals surface area (Å²) in [7, 11) is 0. The van der Waals surface area contributed by atoms with Gasteiger partial charge in [0, 0.05) is 30.1 Å². The second-order valence-corrected chi connectivity index (χ2v) is 7.28. The molecule has 9 heteroatoms. The van der Waals surface area contributed by atoms with E-state index in [2.05, 4.69) is 15.1 Å². The number of carbonyl (C=O) groups is 2. The lowest BCUT2D eigenvalue weighted by Crippen LogP contribution is -2.12. The van der Waals surface area contributed by atoms with Crippen molar-refractivity contribution in [2.75, 3.05) is 6.61 Å². The zero-order chi connectivity index (χ0) is 24.6. The molecule has 4 rings (SSSR count). The van der Waals surface area contributed by atoms with E-state index in [-0.39, 0.29) is 47.2 Å². The molecule has 0 fully saturated rings. The molecule has 9 nitrogen and oxygen atoms in total. The number of pyridine rings is 2. The molecular weight excluding hydrogens is 450 g/mol. The average molecular weight is 469 g/mol. The van der Waals surface area contributed by atoms with Crippen LogP contribution in [0.1, 0.15) is 22.5 Å². The van der Waals surface area contributed by atoms with E-state index in [9.17, 15) is 19.6 Å². The summed E-state index contributed by atoms with van der Waals surface area (Å²) >= 11 is 0. The van der Waals surface area contributed by atoms with Crippen LogP contribution in [-0.2, 0) is 4.79 Å². The number of hydrogen-bond donors (Lipinski definition) is 1. The van der Waals surface area contributed by atoms with Crippen LogP contribution in [0.2, 0.25) is 0 Å². The van der Waals surface area contributed by atoms with E-state index < -0.39 is 11.8 Å². The summed E-state index contributed by atoms with van der Waals surface area (Å²) in [5.74, 6) is -0.822. The first-order valence-corrected chi connectivity index (χ1v) is 10.6. The minimum absolute atomic E-state index is 0.0311. The first-order valence-electron chi connectivity index (χ1n) is 10.6. The van der Waals surface area contributed by atoms with Gasteiger partial charge >= 0.3 is 5.97 Å². The summed E-state index contributed by atoms with van der Waals surface area (Å²) in [6, 6.07) is 19.0.